The summed E-state index contributed by atoms with van der Waals surface area (Å²) < 4.78 is 0.717. The second-order valence-corrected chi connectivity index (χ2v) is 6.78. The largest absolute Gasteiger partial charge is 0.328 e. The van der Waals surface area contributed by atoms with Gasteiger partial charge in [0.25, 0.3) is 0 Å². The van der Waals surface area contributed by atoms with Crippen LogP contribution in [0.2, 0.25) is 0 Å². The topological polar surface area (TPSA) is 26.0 Å². The van der Waals surface area contributed by atoms with Gasteiger partial charge in [-0.1, -0.05) is 50.3 Å². The second-order valence-electron chi connectivity index (χ2n) is 5.27. The Bertz CT molecular complexity index is 175. The Kier molecular flexibility index (Phi) is 2.80. The zero-order chi connectivity index (χ0) is 9.57. The average Bonchev–Trinajstić information content (AvgIpc) is 1.82. The molecule has 2 unspecified atom stereocenters. The van der Waals surface area contributed by atoms with Crippen molar-refractivity contribution in [2.45, 2.75) is 50.5 Å². The fraction of sp³-hybridized carbons (Fsp3) is 1.00. The van der Waals surface area contributed by atoms with Gasteiger partial charge in [-0.3, -0.25) is 0 Å². The van der Waals surface area contributed by atoms with E-state index in [2.05, 4.69) is 50.3 Å². The van der Waals surface area contributed by atoms with Crippen LogP contribution in [0, 0.1) is 10.8 Å². The highest BCUT2D eigenvalue weighted by Gasteiger charge is 2.46. The van der Waals surface area contributed by atoms with Crippen molar-refractivity contribution in [3.63, 3.8) is 0 Å². The minimum absolute atomic E-state index is 0.385. The maximum Gasteiger partial charge on any atom is 0.0181 e. The van der Waals surface area contributed by atoms with E-state index in [1.807, 2.05) is 0 Å². The monoisotopic (exact) mass is 281 g/mol. The molecule has 0 aliphatic heterocycles. The number of hydrogen-bond donors (Lipinski definition) is 1. The summed E-state index contributed by atoms with van der Waals surface area (Å²) in [6.45, 7) is 9.43. The molecule has 0 bridgehead atoms. The van der Waals surface area contributed by atoms with Crippen molar-refractivity contribution < 1.29 is 0 Å². The zero-order valence-corrected chi connectivity index (χ0v) is 10.7. The quantitative estimate of drug-likeness (QED) is 0.536. The Morgan fingerprint density at radius 1 is 1.25 bits per heavy atom. The normalized spacial score (nSPS) is 39.5. The number of halogens is 1. The molecule has 1 aliphatic carbocycles. The van der Waals surface area contributed by atoms with Crippen LogP contribution in [0.3, 0.4) is 0 Å². The van der Waals surface area contributed by atoms with E-state index in [0.29, 0.717) is 20.8 Å². The van der Waals surface area contributed by atoms with Crippen molar-refractivity contribution in [1.29, 1.82) is 0 Å². The van der Waals surface area contributed by atoms with Gasteiger partial charge >= 0.3 is 0 Å². The van der Waals surface area contributed by atoms with E-state index in [-0.39, 0.29) is 0 Å². The summed E-state index contributed by atoms with van der Waals surface area (Å²) in [5.41, 5.74) is 6.82. The molecule has 0 heterocycles. The first-order valence-corrected chi connectivity index (χ1v) is 5.91. The molecule has 0 radical (unpaired) electrons. The Morgan fingerprint density at radius 2 is 1.75 bits per heavy atom. The fourth-order valence-corrected chi connectivity index (χ4v) is 3.48. The lowest BCUT2D eigenvalue weighted by Crippen LogP contribution is -2.50. The highest BCUT2D eigenvalue weighted by atomic mass is 127. The maximum atomic E-state index is 6.02. The van der Waals surface area contributed by atoms with Crippen molar-refractivity contribution in [2.75, 3.05) is 0 Å². The third-order valence-electron chi connectivity index (χ3n) is 3.81. The van der Waals surface area contributed by atoms with Crippen LogP contribution >= 0.6 is 22.6 Å². The molecule has 0 amide bonds. The van der Waals surface area contributed by atoms with Gasteiger partial charge in [0.2, 0.25) is 0 Å². The van der Waals surface area contributed by atoms with E-state index in [1.54, 1.807) is 0 Å². The van der Waals surface area contributed by atoms with Crippen molar-refractivity contribution in [3.05, 3.63) is 0 Å². The molecular formula is C10H20IN. The van der Waals surface area contributed by atoms with Crippen LogP contribution in [0.1, 0.15) is 40.5 Å². The van der Waals surface area contributed by atoms with Crippen LogP contribution in [0.5, 0.6) is 0 Å². The SMILES string of the molecule is CC1(C)CC(N)CC(I)C1(C)C. The molecular weight excluding hydrogens is 261 g/mol. The van der Waals surface area contributed by atoms with Crippen LogP contribution in [0.15, 0.2) is 0 Å². The van der Waals surface area contributed by atoms with Crippen LogP contribution in [-0.4, -0.2) is 9.97 Å². The summed E-state index contributed by atoms with van der Waals surface area (Å²) in [6.07, 6.45) is 2.34. The molecule has 0 saturated heterocycles. The molecule has 1 rings (SSSR count). The Labute approximate surface area is 89.6 Å². The molecule has 2 heteroatoms. The minimum Gasteiger partial charge on any atom is -0.328 e. The Balaban J connectivity index is 2.86. The van der Waals surface area contributed by atoms with Crippen molar-refractivity contribution >= 4 is 22.6 Å². The van der Waals surface area contributed by atoms with Gasteiger partial charge in [0.15, 0.2) is 0 Å². The number of rotatable bonds is 0. The lowest BCUT2D eigenvalue weighted by Gasteiger charge is -2.51. The van der Waals surface area contributed by atoms with Gasteiger partial charge in [0.1, 0.15) is 0 Å². The van der Waals surface area contributed by atoms with Gasteiger partial charge in [0, 0.05) is 9.97 Å². The van der Waals surface area contributed by atoms with E-state index in [9.17, 15) is 0 Å². The van der Waals surface area contributed by atoms with E-state index in [1.165, 1.54) is 12.8 Å². The van der Waals surface area contributed by atoms with Gasteiger partial charge in [-0.05, 0) is 23.7 Å². The third-order valence-corrected chi connectivity index (χ3v) is 5.88. The van der Waals surface area contributed by atoms with Crippen LogP contribution < -0.4 is 5.73 Å². The van der Waals surface area contributed by atoms with Gasteiger partial charge in [-0.2, -0.15) is 0 Å². The highest BCUT2D eigenvalue weighted by molar-refractivity contribution is 14.1. The summed E-state index contributed by atoms with van der Waals surface area (Å²) in [5.74, 6) is 0. The molecule has 0 aromatic heterocycles. The average molecular weight is 281 g/mol. The van der Waals surface area contributed by atoms with Crippen molar-refractivity contribution in [3.8, 4) is 0 Å². The first kappa shape index (κ1) is 10.8. The predicted octanol–water partition coefficient (Wildman–Crippen LogP) is 2.96. The first-order chi connectivity index (χ1) is 5.27. The molecule has 72 valence electrons. The standard InChI is InChI=1S/C10H20IN/c1-9(2)6-7(12)5-8(11)10(9,3)4/h7-8H,5-6,12H2,1-4H3. The minimum atomic E-state index is 0.385. The smallest absolute Gasteiger partial charge is 0.0181 e. The highest BCUT2D eigenvalue weighted by Crippen LogP contribution is 2.52. The third kappa shape index (κ3) is 1.65. The lowest BCUT2D eigenvalue weighted by atomic mass is 9.59. The number of alkyl halides is 1. The van der Waals surface area contributed by atoms with E-state index < -0.39 is 0 Å². The summed E-state index contributed by atoms with van der Waals surface area (Å²) in [4.78, 5) is 0. The van der Waals surface area contributed by atoms with E-state index in [0.717, 1.165) is 0 Å². The fourth-order valence-electron chi connectivity index (χ4n) is 1.99. The predicted molar refractivity (Wildman–Crippen MR) is 62.6 cm³/mol. The summed E-state index contributed by atoms with van der Waals surface area (Å²) in [6, 6.07) is 0.412. The number of nitrogens with two attached hydrogens (primary N) is 1. The molecule has 0 aromatic rings. The van der Waals surface area contributed by atoms with Gasteiger partial charge in [0.05, 0.1) is 0 Å². The molecule has 1 aliphatic rings. The van der Waals surface area contributed by atoms with Crippen molar-refractivity contribution in [1.82, 2.24) is 0 Å². The first-order valence-electron chi connectivity index (χ1n) is 4.67. The molecule has 1 nitrogen and oxygen atoms in total. The Hall–Kier alpha value is 0.690. The molecule has 0 aromatic carbocycles. The van der Waals surface area contributed by atoms with Crippen LogP contribution in [0.4, 0.5) is 0 Å². The molecule has 0 spiro atoms. The molecule has 2 N–H and O–H groups in total. The van der Waals surface area contributed by atoms with E-state index in [4.69, 9.17) is 5.73 Å². The maximum absolute atomic E-state index is 6.02. The zero-order valence-electron chi connectivity index (χ0n) is 8.52. The summed E-state index contributed by atoms with van der Waals surface area (Å²) in [7, 11) is 0. The van der Waals surface area contributed by atoms with E-state index >= 15 is 0 Å². The molecule has 1 saturated carbocycles. The Morgan fingerprint density at radius 3 is 2.17 bits per heavy atom. The number of hydrogen-bond acceptors (Lipinski definition) is 1. The molecule has 2 atom stereocenters. The van der Waals surface area contributed by atoms with Gasteiger partial charge < -0.3 is 5.73 Å². The molecule has 12 heavy (non-hydrogen) atoms. The summed E-state index contributed by atoms with van der Waals surface area (Å²) >= 11 is 2.56. The molecule has 1 fully saturated rings. The van der Waals surface area contributed by atoms with Crippen molar-refractivity contribution in [2.24, 2.45) is 16.6 Å². The lowest BCUT2D eigenvalue weighted by molar-refractivity contribution is 0.0542. The van der Waals surface area contributed by atoms with Gasteiger partial charge in [-0.15, -0.1) is 0 Å². The summed E-state index contributed by atoms with van der Waals surface area (Å²) in [5, 5.41) is 0. The van der Waals surface area contributed by atoms with Crippen LogP contribution in [-0.2, 0) is 0 Å². The van der Waals surface area contributed by atoms with Gasteiger partial charge in [-0.25, -0.2) is 0 Å². The second kappa shape index (κ2) is 3.12. The van der Waals surface area contributed by atoms with Crippen LogP contribution in [0.25, 0.3) is 0 Å².